The highest BCUT2D eigenvalue weighted by atomic mass is 16.5. The number of hydrazone groups is 1. The van der Waals surface area contributed by atoms with Crippen LogP contribution < -0.4 is 15.4 Å². The van der Waals surface area contributed by atoms with Crippen LogP contribution in [0.5, 0.6) is 5.75 Å². The van der Waals surface area contributed by atoms with E-state index >= 15 is 0 Å². The van der Waals surface area contributed by atoms with Crippen LogP contribution in [0.25, 0.3) is 11.1 Å². The maximum absolute atomic E-state index is 13.7. The molecule has 2 aromatic carbocycles. The van der Waals surface area contributed by atoms with Crippen molar-refractivity contribution in [1.29, 1.82) is 0 Å². The zero-order valence-corrected chi connectivity index (χ0v) is 24.0. The molecular formula is C33H40N4O4. The third kappa shape index (κ3) is 6.53. The smallest absolute Gasteiger partial charge is 0.251 e. The lowest BCUT2D eigenvalue weighted by Crippen LogP contribution is -2.49. The van der Waals surface area contributed by atoms with Gasteiger partial charge in [0.2, 0.25) is 11.8 Å². The lowest BCUT2D eigenvalue weighted by Gasteiger charge is -2.40. The molecule has 1 aliphatic heterocycles. The third-order valence-electron chi connectivity index (χ3n) is 8.45. The van der Waals surface area contributed by atoms with Crippen LogP contribution in [0.1, 0.15) is 74.2 Å². The second-order valence-corrected chi connectivity index (χ2v) is 11.2. The molecule has 1 fully saturated rings. The van der Waals surface area contributed by atoms with Crippen LogP contribution in [0.2, 0.25) is 0 Å². The monoisotopic (exact) mass is 556 g/mol. The fourth-order valence-corrected chi connectivity index (χ4v) is 6.25. The van der Waals surface area contributed by atoms with Gasteiger partial charge in [-0.2, -0.15) is 5.10 Å². The molecule has 8 heteroatoms. The highest BCUT2D eigenvalue weighted by molar-refractivity contribution is 6.08. The molecule has 1 heterocycles. The predicted molar refractivity (Wildman–Crippen MR) is 160 cm³/mol. The van der Waals surface area contributed by atoms with Crippen LogP contribution in [-0.2, 0) is 9.59 Å². The van der Waals surface area contributed by atoms with E-state index in [0.29, 0.717) is 18.7 Å². The summed E-state index contributed by atoms with van der Waals surface area (Å²) in [5.74, 6) is 0.560. The summed E-state index contributed by atoms with van der Waals surface area (Å²) < 4.78 is 5.73. The van der Waals surface area contributed by atoms with Crippen molar-refractivity contribution in [2.45, 2.75) is 64.3 Å². The largest absolute Gasteiger partial charge is 0.496 e. The summed E-state index contributed by atoms with van der Waals surface area (Å²) in [7, 11) is 1.65. The first-order valence-corrected chi connectivity index (χ1v) is 14.8. The molecule has 3 amide bonds. The van der Waals surface area contributed by atoms with Crippen molar-refractivity contribution in [2.75, 3.05) is 20.2 Å². The first-order chi connectivity index (χ1) is 20.0. The van der Waals surface area contributed by atoms with Crippen LogP contribution in [0.4, 0.5) is 0 Å². The van der Waals surface area contributed by atoms with Gasteiger partial charge in [-0.25, -0.2) is 5.01 Å². The summed E-state index contributed by atoms with van der Waals surface area (Å²) in [4.78, 5) is 37.2. The first kappa shape index (κ1) is 28.6. The summed E-state index contributed by atoms with van der Waals surface area (Å²) in [6, 6.07) is 13.7. The van der Waals surface area contributed by atoms with E-state index in [0.717, 1.165) is 66.7 Å². The first-order valence-electron chi connectivity index (χ1n) is 14.8. The predicted octanol–water partition coefficient (Wildman–Crippen LogP) is 5.08. The molecule has 8 nitrogen and oxygen atoms in total. The maximum atomic E-state index is 13.7. The average Bonchev–Trinajstić information content (AvgIpc) is 3.29. The van der Waals surface area contributed by atoms with Crippen molar-refractivity contribution >= 4 is 23.4 Å². The molecule has 216 valence electrons. The van der Waals surface area contributed by atoms with Crippen LogP contribution in [0.15, 0.2) is 59.7 Å². The zero-order chi connectivity index (χ0) is 28.8. The minimum Gasteiger partial charge on any atom is -0.496 e. The number of ether oxygens (including phenoxy) is 1. The number of amides is 3. The van der Waals surface area contributed by atoms with Gasteiger partial charge in [0.05, 0.1) is 24.8 Å². The topological polar surface area (TPSA) is 100 Å². The van der Waals surface area contributed by atoms with Crippen molar-refractivity contribution in [3.8, 4) is 16.9 Å². The molecule has 3 aliphatic rings. The Kier molecular flexibility index (Phi) is 9.17. The number of hydrogen-bond donors (Lipinski definition) is 2. The number of fused-ring (bicyclic) bond motifs is 1. The van der Waals surface area contributed by atoms with Gasteiger partial charge in [-0.05, 0) is 67.1 Å². The van der Waals surface area contributed by atoms with Gasteiger partial charge in [0, 0.05) is 37.1 Å². The second kappa shape index (κ2) is 13.1. The van der Waals surface area contributed by atoms with E-state index in [-0.39, 0.29) is 35.6 Å². The number of carbonyl (C=O) groups excluding carboxylic acids is 3. The summed E-state index contributed by atoms with van der Waals surface area (Å²) in [6.07, 6.45) is 12.6. The summed E-state index contributed by atoms with van der Waals surface area (Å²) >= 11 is 0. The molecule has 0 radical (unpaired) electrons. The molecule has 2 atom stereocenters. The van der Waals surface area contributed by atoms with Gasteiger partial charge in [-0.15, -0.1) is 0 Å². The minimum absolute atomic E-state index is 0.0549. The normalized spacial score (nSPS) is 21.0. The lowest BCUT2D eigenvalue weighted by atomic mass is 9.76. The lowest BCUT2D eigenvalue weighted by molar-refractivity contribution is -0.140. The van der Waals surface area contributed by atoms with Crippen molar-refractivity contribution < 1.29 is 19.1 Å². The van der Waals surface area contributed by atoms with E-state index in [4.69, 9.17) is 9.84 Å². The van der Waals surface area contributed by atoms with E-state index in [2.05, 4.69) is 34.9 Å². The van der Waals surface area contributed by atoms with Crippen molar-refractivity contribution in [3.63, 3.8) is 0 Å². The van der Waals surface area contributed by atoms with Gasteiger partial charge in [0.1, 0.15) is 5.75 Å². The Balaban J connectivity index is 1.43. The Bertz CT molecular complexity index is 1330. The number of nitrogens with zero attached hydrogens (tertiary/aromatic N) is 2. The molecule has 41 heavy (non-hydrogen) atoms. The fraction of sp³-hybridized carbons (Fsp3) is 0.455. The zero-order valence-electron chi connectivity index (χ0n) is 24.0. The van der Waals surface area contributed by atoms with Crippen molar-refractivity contribution in [1.82, 2.24) is 15.6 Å². The van der Waals surface area contributed by atoms with Crippen molar-refractivity contribution in [2.24, 2.45) is 16.9 Å². The minimum atomic E-state index is -0.196. The number of benzene rings is 2. The highest BCUT2D eigenvalue weighted by Gasteiger charge is 2.42. The van der Waals surface area contributed by atoms with Gasteiger partial charge in [-0.3, -0.25) is 14.4 Å². The summed E-state index contributed by atoms with van der Waals surface area (Å²) in [6.45, 7) is 2.19. The van der Waals surface area contributed by atoms with E-state index in [1.165, 1.54) is 19.8 Å². The molecule has 2 aromatic rings. The van der Waals surface area contributed by atoms with Gasteiger partial charge >= 0.3 is 0 Å². The van der Waals surface area contributed by atoms with Crippen LogP contribution >= 0.6 is 0 Å². The standard InChI is InChI=1S/C33H40N4O4/c1-22(38)34-19-20-35-32(39)24-15-13-23(14-16-24)29-21-25(17-18-30(29)41-2)31-27-11-7-8-12-28(27)33(40)37(36-31)26-9-5-3-4-6-10-26/h7-8,13-18,21,26-28H,3-6,9-12,19-20H2,1-2H3,(H,34,38)(H,35,39)/t27-,28+/m0/s1. The van der Waals surface area contributed by atoms with Gasteiger partial charge < -0.3 is 15.4 Å². The van der Waals surface area contributed by atoms with Gasteiger partial charge in [0.25, 0.3) is 5.91 Å². The molecular weight excluding hydrogens is 516 g/mol. The molecule has 2 aliphatic carbocycles. The van der Waals surface area contributed by atoms with E-state index in [1.54, 1.807) is 19.2 Å². The fourth-order valence-electron chi connectivity index (χ4n) is 6.25. The molecule has 1 saturated carbocycles. The van der Waals surface area contributed by atoms with E-state index < -0.39 is 0 Å². The quantitative estimate of drug-likeness (QED) is 0.269. The van der Waals surface area contributed by atoms with Gasteiger partial charge in [0.15, 0.2) is 0 Å². The molecule has 0 saturated heterocycles. The third-order valence-corrected chi connectivity index (χ3v) is 8.45. The van der Waals surface area contributed by atoms with E-state index in [1.807, 2.05) is 23.2 Å². The number of nitrogens with one attached hydrogen (secondary N) is 2. The Morgan fingerprint density at radius 2 is 1.56 bits per heavy atom. The van der Waals surface area contributed by atoms with Crippen LogP contribution in [-0.4, -0.2) is 54.7 Å². The highest BCUT2D eigenvalue weighted by Crippen LogP contribution is 2.39. The Morgan fingerprint density at radius 1 is 0.902 bits per heavy atom. The second-order valence-electron chi connectivity index (χ2n) is 11.2. The van der Waals surface area contributed by atoms with Crippen LogP contribution in [0, 0.1) is 11.8 Å². The molecule has 0 aromatic heterocycles. The molecule has 0 spiro atoms. The number of carbonyl (C=O) groups is 3. The SMILES string of the molecule is COc1ccc(C2=NN(C3CCCCCC3)C(=O)[C@@H]3CC=CC[C@H]23)cc1-c1ccc(C(=O)NCCNC(C)=O)cc1. The summed E-state index contributed by atoms with van der Waals surface area (Å²) in [5.41, 5.74) is 4.34. The Labute approximate surface area is 242 Å². The number of hydrogen-bond acceptors (Lipinski definition) is 5. The average molecular weight is 557 g/mol. The molecule has 0 bridgehead atoms. The van der Waals surface area contributed by atoms with E-state index in [9.17, 15) is 14.4 Å². The molecule has 0 unspecified atom stereocenters. The Hall–Kier alpha value is -3.94. The van der Waals surface area contributed by atoms with Crippen LogP contribution in [0.3, 0.4) is 0 Å². The molecule has 2 N–H and O–H groups in total. The van der Waals surface area contributed by atoms with Crippen molar-refractivity contribution in [3.05, 3.63) is 65.7 Å². The number of allylic oxidation sites excluding steroid dienone is 2. The number of rotatable bonds is 8. The maximum Gasteiger partial charge on any atom is 0.251 e. The Morgan fingerprint density at radius 3 is 2.24 bits per heavy atom. The number of methoxy groups -OCH3 is 1. The summed E-state index contributed by atoms with van der Waals surface area (Å²) in [5, 5.41) is 12.4. The van der Waals surface area contributed by atoms with Gasteiger partial charge in [-0.1, -0.05) is 50.0 Å². The molecule has 5 rings (SSSR count).